The van der Waals surface area contributed by atoms with Gasteiger partial charge < -0.3 is 10.1 Å². The summed E-state index contributed by atoms with van der Waals surface area (Å²) in [5.41, 5.74) is 0. The van der Waals surface area contributed by atoms with Crippen LogP contribution in [0.15, 0.2) is 0 Å². The zero-order chi connectivity index (χ0) is 14.7. The molecule has 1 unspecified atom stereocenters. The molecule has 0 aliphatic rings. The van der Waals surface area contributed by atoms with E-state index >= 15 is 0 Å². The fourth-order valence-corrected chi connectivity index (χ4v) is 1.88. The second-order valence-corrected chi connectivity index (χ2v) is 5.43. The molecule has 0 rings (SSSR count). The highest BCUT2D eigenvalue weighted by molar-refractivity contribution is 4.67. The van der Waals surface area contributed by atoms with Gasteiger partial charge in [0.2, 0.25) is 0 Å². The van der Waals surface area contributed by atoms with Gasteiger partial charge in [-0.15, -0.1) is 0 Å². The van der Waals surface area contributed by atoms with Crippen LogP contribution in [0.4, 0.5) is 13.2 Å². The first kappa shape index (κ1) is 18.7. The van der Waals surface area contributed by atoms with Gasteiger partial charge >= 0.3 is 6.18 Å². The van der Waals surface area contributed by atoms with Crippen molar-refractivity contribution in [3.05, 3.63) is 0 Å². The molecule has 19 heavy (non-hydrogen) atoms. The molecule has 1 N–H and O–H groups in total. The van der Waals surface area contributed by atoms with Crippen molar-refractivity contribution in [2.45, 2.75) is 65.1 Å². The predicted octanol–water partition coefficient (Wildman–Crippen LogP) is 4.15. The standard InChI is InChI=1S/C14H28F3NO/c1-4-9-18-13(7-5-6-12(2)3)8-10-19-11-14(15,16)17/h12-13,18H,4-11H2,1-3H3. The summed E-state index contributed by atoms with van der Waals surface area (Å²) in [7, 11) is 0. The third-order valence-electron chi connectivity index (χ3n) is 2.89. The molecule has 0 saturated heterocycles. The lowest BCUT2D eigenvalue weighted by Gasteiger charge is -2.19. The highest BCUT2D eigenvalue weighted by Gasteiger charge is 2.27. The van der Waals surface area contributed by atoms with Crippen molar-refractivity contribution in [3.8, 4) is 0 Å². The molecule has 0 saturated carbocycles. The fraction of sp³-hybridized carbons (Fsp3) is 1.00. The highest BCUT2D eigenvalue weighted by atomic mass is 19.4. The summed E-state index contributed by atoms with van der Waals surface area (Å²) in [4.78, 5) is 0. The van der Waals surface area contributed by atoms with Crippen LogP contribution < -0.4 is 5.32 Å². The first-order chi connectivity index (χ1) is 8.85. The Morgan fingerprint density at radius 2 is 1.79 bits per heavy atom. The Bertz CT molecular complexity index is 207. The lowest BCUT2D eigenvalue weighted by molar-refractivity contribution is -0.174. The molecule has 1 atom stereocenters. The maximum atomic E-state index is 11.9. The topological polar surface area (TPSA) is 21.3 Å². The van der Waals surface area contributed by atoms with Crippen LogP contribution in [0.3, 0.4) is 0 Å². The van der Waals surface area contributed by atoms with Crippen molar-refractivity contribution < 1.29 is 17.9 Å². The monoisotopic (exact) mass is 283 g/mol. The minimum absolute atomic E-state index is 0.169. The Morgan fingerprint density at radius 3 is 2.32 bits per heavy atom. The van der Waals surface area contributed by atoms with Crippen molar-refractivity contribution in [2.24, 2.45) is 5.92 Å². The van der Waals surface area contributed by atoms with E-state index in [1.54, 1.807) is 0 Å². The van der Waals surface area contributed by atoms with Crippen LogP contribution in [0.25, 0.3) is 0 Å². The molecule has 0 heterocycles. The molecular weight excluding hydrogens is 255 g/mol. The van der Waals surface area contributed by atoms with E-state index in [9.17, 15) is 13.2 Å². The maximum absolute atomic E-state index is 11.9. The number of rotatable bonds is 11. The smallest absolute Gasteiger partial charge is 0.372 e. The lowest BCUT2D eigenvalue weighted by Crippen LogP contribution is -2.31. The molecule has 0 aromatic rings. The third kappa shape index (κ3) is 13.9. The highest BCUT2D eigenvalue weighted by Crippen LogP contribution is 2.15. The van der Waals surface area contributed by atoms with E-state index in [-0.39, 0.29) is 12.6 Å². The molecule has 0 bridgehead atoms. The average Bonchev–Trinajstić information content (AvgIpc) is 2.28. The van der Waals surface area contributed by atoms with E-state index in [0.717, 1.165) is 32.2 Å². The van der Waals surface area contributed by atoms with E-state index in [4.69, 9.17) is 0 Å². The molecular formula is C14H28F3NO. The summed E-state index contributed by atoms with van der Waals surface area (Å²) in [6.07, 6.45) is 0.738. The minimum Gasteiger partial charge on any atom is -0.372 e. The molecule has 0 aromatic heterocycles. The first-order valence-corrected chi connectivity index (χ1v) is 7.23. The number of nitrogens with one attached hydrogen (secondary N) is 1. The molecule has 0 fully saturated rings. The van der Waals surface area contributed by atoms with Gasteiger partial charge in [0.25, 0.3) is 0 Å². The third-order valence-corrected chi connectivity index (χ3v) is 2.89. The second kappa shape index (κ2) is 10.5. The van der Waals surface area contributed by atoms with E-state index in [0.29, 0.717) is 12.3 Å². The Balaban J connectivity index is 3.79. The van der Waals surface area contributed by atoms with Crippen LogP contribution in [0.5, 0.6) is 0 Å². The molecule has 0 aliphatic heterocycles. The summed E-state index contributed by atoms with van der Waals surface area (Å²) >= 11 is 0. The van der Waals surface area contributed by atoms with Crippen LogP contribution in [-0.4, -0.2) is 32.0 Å². The van der Waals surface area contributed by atoms with Crippen LogP contribution in [0.1, 0.15) is 52.9 Å². The Hall–Kier alpha value is -0.290. The van der Waals surface area contributed by atoms with E-state index in [1.807, 2.05) is 0 Å². The van der Waals surface area contributed by atoms with Crippen molar-refractivity contribution in [1.82, 2.24) is 5.32 Å². The largest absolute Gasteiger partial charge is 0.411 e. The molecule has 0 aromatic carbocycles. The van der Waals surface area contributed by atoms with Gasteiger partial charge in [-0.3, -0.25) is 0 Å². The Morgan fingerprint density at radius 1 is 1.11 bits per heavy atom. The van der Waals surface area contributed by atoms with Crippen molar-refractivity contribution in [2.75, 3.05) is 19.8 Å². The zero-order valence-electron chi connectivity index (χ0n) is 12.4. The van der Waals surface area contributed by atoms with Gasteiger partial charge in [-0.05, 0) is 31.7 Å². The number of hydrogen-bond acceptors (Lipinski definition) is 2. The summed E-state index contributed by atoms with van der Waals surface area (Å²) < 4.78 is 40.5. The summed E-state index contributed by atoms with van der Waals surface area (Å²) in [5.74, 6) is 0.674. The van der Waals surface area contributed by atoms with Gasteiger partial charge in [0.1, 0.15) is 6.61 Å². The normalized spacial score (nSPS) is 14.1. The molecule has 116 valence electrons. The van der Waals surface area contributed by atoms with Crippen molar-refractivity contribution >= 4 is 0 Å². The fourth-order valence-electron chi connectivity index (χ4n) is 1.88. The molecule has 0 radical (unpaired) electrons. The summed E-state index contributed by atoms with van der Waals surface area (Å²) in [6, 6.07) is 0.270. The predicted molar refractivity (Wildman–Crippen MR) is 72.3 cm³/mol. The molecule has 0 amide bonds. The van der Waals surface area contributed by atoms with Crippen LogP contribution in [-0.2, 0) is 4.74 Å². The SMILES string of the molecule is CCCNC(CCCC(C)C)CCOCC(F)(F)F. The number of halogens is 3. The molecule has 5 heteroatoms. The minimum atomic E-state index is -4.22. The van der Waals surface area contributed by atoms with Gasteiger partial charge in [0, 0.05) is 12.6 Å². The molecule has 0 spiro atoms. The maximum Gasteiger partial charge on any atom is 0.411 e. The first-order valence-electron chi connectivity index (χ1n) is 7.23. The van der Waals surface area contributed by atoms with Crippen molar-refractivity contribution in [3.63, 3.8) is 0 Å². The average molecular weight is 283 g/mol. The van der Waals surface area contributed by atoms with Crippen LogP contribution in [0, 0.1) is 5.92 Å². The van der Waals surface area contributed by atoms with E-state index < -0.39 is 12.8 Å². The Labute approximate surface area is 115 Å². The summed E-state index contributed by atoms with van der Waals surface area (Å²) in [6.45, 7) is 6.38. The second-order valence-electron chi connectivity index (χ2n) is 5.43. The van der Waals surface area contributed by atoms with E-state index in [1.165, 1.54) is 0 Å². The van der Waals surface area contributed by atoms with E-state index in [2.05, 4.69) is 30.8 Å². The molecule has 2 nitrogen and oxygen atoms in total. The van der Waals surface area contributed by atoms with Crippen LogP contribution in [0.2, 0.25) is 0 Å². The zero-order valence-corrected chi connectivity index (χ0v) is 12.4. The van der Waals surface area contributed by atoms with Crippen molar-refractivity contribution in [1.29, 1.82) is 0 Å². The number of alkyl halides is 3. The lowest BCUT2D eigenvalue weighted by atomic mass is 10.0. The van der Waals surface area contributed by atoms with Gasteiger partial charge in [0.05, 0.1) is 0 Å². The Kier molecular flexibility index (Phi) is 10.3. The van der Waals surface area contributed by atoms with Crippen LogP contribution >= 0.6 is 0 Å². The quantitative estimate of drug-likeness (QED) is 0.575. The van der Waals surface area contributed by atoms with Gasteiger partial charge in [-0.1, -0.05) is 33.6 Å². The van der Waals surface area contributed by atoms with Gasteiger partial charge in [-0.2, -0.15) is 13.2 Å². The van der Waals surface area contributed by atoms with Gasteiger partial charge in [-0.25, -0.2) is 0 Å². The van der Waals surface area contributed by atoms with Gasteiger partial charge in [0.15, 0.2) is 0 Å². The summed E-state index contributed by atoms with van der Waals surface area (Å²) in [5, 5.41) is 3.38. The molecule has 0 aliphatic carbocycles. The number of ether oxygens (including phenoxy) is 1. The number of hydrogen-bond donors (Lipinski definition) is 1.